The summed E-state index contributed by atoms with van der Waals surface area (Å²) in [5.41, 5.74) is 0. The second-order valence-electron chi connectivity index (χ2n) is 9.27. The van der Waals surface area contributed by atoms with E-state index in [1.54, 1.807) is 0 Å². The standard InChI is InChI=1S/C16H36N.C7H9N3O5S/c1-5-9-13-17(14-10-6-2,15-11-7-3)16-12-8-4;8-3-5-1-2-6-4-9(5)7(11)10(6)15-16(12,13)14/h5-16H2,1-4H3;5-6H,1-2,4H2,(H,12,13,14)/q+1;/p-1/t;5-,6+/m.0/s1. The van der Waals surface area contributed by atoms with Crippen LogP contribution in [0, 0.1) is 11.3 Å². The van der Waals surface area contributed by atoms with E-state index in [1.165, 1.54) is 86.9 Å². The number of hydrogen-bond acceptors (Lipinski definition) is 6. The van der Waals surface area contributed by atoms with Gasteiger partial charge in [-0.15, -0.1) is 0 Å². The Balaban J connectivity index is 0.000000330. The number of carbonyl (C=O) groups excluding carboxylic acids is 1. The molecule has 0 N–H and O–H groups in total. The Kier molecular flexibility index (Phi) is 13.3. The summed E-state index contributed by atoms with van der Waals surface area (Å²) < 4.78 is 36.7. The fraction of sp³-hybridized carbons (Fsp3) is 0.913. The molecule has 2 aliphatic rings. The van der Waals surface area contributed by atoms with Crippen LogP contribution in [0.2, 0.25) is 0 Å². The molecule has 10 heteroatoms. The molecule has 2 rings (SSSR count). The van der Waals surface area contributed by atoms with Gasteiger partial charge in [-0.1, -0.05) is 53.4 Å². The number of urea groups is 1. The maximum atomic E-state index is 11.6. The van der Waals surface area contributed by atoms with Gasteiger partial charge < -0.3 is 13.9 Å². The number of hydrogen-bond donors (Lipinski definition) is 0. The third-order valence-corrected chi connectivity index (χ3v) is 6.93. The minimum atomic E-state index is -4.96. The average Bonchev–Trinajstić information content (AvgIpc) is 3.02. The molecule has 0 radical (unpaired) electrons. The van der Waals surface area contributed by atoms with Crippen LogP contribution in [0.5, 0.6) is 0 Å². The minimum absolute atomic E-state index is 0.215. The van der Waals surface area contributed by atoms with Gasteiger partial charge in [0.25, 0.3) is 0 Å². The van der Waals surface area contributed by atoms with Crippen LogP contribution in [0.3, 0.4) is 0 Å². The van der Waals surface area contributed by atoms with E-state index in [1.807, 2.05) is 6.07 Å². The second kappa shape index (κ2) is 14.8. The van der Waals surface area contributed by atoms with E-state index in [2.05, 4.69) is 32.0 Å². The van der Waals surface area contributed by atoms with Crippen LogP contribution >= 0.6 is 0 Å². The average molecular weight is 489 g/mol. The van der Waals surface area contributed by atoms with Crippen molar-refractivity contribution >= 4 is 16.4 Å². The number of fused-ring (bicyclic) bond motifs is 2. The van der Waals surface area contributed by atoms with Crippen molar-refractivity contribution in [3.05, 3.63) is 0 Å². The first-order valence-electron chi connectivity index (χ1n) is 12.7. The third kappa shape index (κ3) is 9.77. The lowest BCUT2D eigenvalue weighted by Crippen LogP contribution is -2.50. The summed E-state index contributed by atoms with van der Waals surface area (Å²) in [4.78, 5) is 12.8. The maximum Gasteiger partial charge on any atom is 0.346 e. The quantitative estimate of drug-likeness (QED) is 0.206. The zero-order chi connectivity index (χ0) is 24.9. The van der Waals surface area contributed by atoms with Gasteiger partial charge in [0.05, 0.1) is 38.3 Å². The lowest BCUT2D eigenvalue weighted by atomic mass is 10.0. The second-order valence-corrected chi connectivity index (χ2v) is 10.2. The molecule has 0 aromatic heterocycles. The van der Waals surface area contributed by atoms with E-state index >= 15 is 0 Å². The van der Waals surface area contributed by atoms with Crippen LogP contribution in [0.4, 0.5) is 4.79 Å². The highest BCUT2D eigenvalue weighted by atomic mass is 32.3. The zero-order valence-corrected chi connectivity index (χ0v) is 21.8. The number of nitriles is 1. The van der Waals surface area contributed by atoms with Crippen molar-refractivity contribution in [3.63, 3.8) is 0 Å². The molecule has 2 fully saturated rings. The highest BCUT2D eigenvalue weighted by molar-refractivity contribution is 7.80. The van der Waals surface area contributed by atoms with Gasteiger partial charge in [0.1, 0.15) is 6.04 Å². The fourth-order valence-corrected chi connectivity index (χ4v) is 4.99. The van der Waals surface area contributed by atoms with Gasteiger partial charge in [-0.3, -0.25) is 0 Å². The number of rotatable bonds is 14. The zero-order valence-electron chi connectivity index (χ0n) is 21.0. The van der Waals surface area contributed by atoms with Gasteiger partial charge >= 0.3 is 6.03 Å². The summed E-state index contributed by atoms with van der Waals surface area (Å²) >= 11 is 0. The smallest absolute Gasteiger partial charge is 0.346 e. The maximum absolute atomic E-state index is 11.6. The van der Waals surface area contributed by atoms with Crippen LogP contribution in [0.1, 0.15) is 91.9 Å². The summed E-state index contributed by atoms with van der Waals surface area (Å²) in [5.74, 6) is 0. The molecule has 2 bridgehead atoms. The predicted octanol–water partition coefficient (Wildman–Crippen LogP) is 4.17. The van der Waals surface area contributed by atoms with Crippen LogP contribution in [0.15, 0.2) is 0 Å². The van der Waals surface area contributed by atoms with Crippen molar-refractivity contribution < 1.29 is 26.5 Å². The molecule has 2 heterocycles. The number of carbonyl (C=O) groups is 1. The number of nitrogens with zero attached hydrogens (tertiary/aromatic N) is 4. The van der Waals surface area contributed by atoms with E-state index in [0.717, 1.165) is 0 Å². The molecule has 0 aromatic rings. The Morgan fingerprint density at radius 1 is 0.970 bits per heavy atom. The number of unbranched alkanes of at least 4 members (excludes halogenated alkanes) is 4. The molecule has 9 nitrogen and oxygen atoms in total. The van der Waals surface area contributed by atoms with Crippen molar-refractivity contribution in [2.75, 3.05) is 32.7 Å². The summed E-state index contributed by atoms with van der Waals surface area (Å²) in [5, 5.41) is 9.32. The monoisotopic (exact) mass is 488 g/mol. The Bertz CT molecular complexity index is 687. The Hall–Kier alpha value is -1.41. The van der Waals surface area contributed by atoms with E-state index in [4.69, 9.17) is 5.26 Å². The highest BCUT2D eigenvalue weighted by Gasteiger charge is 2.46. The van der Waals surface area contributed by atoms with Crippen molar-refractivity contribution in [3.8, 4) is 6.07 Å². The molecule has 0 saturated carbocycles. The molecule has 0 unspecified atom stereocenters. The van der Waals surface area contributed by atoms with E-state index in [0.29, 0.717) is 17.9 Å². The summed E-state index contributed by atoms with van der Waals surface area (Å²) in [6.07, 6.45) is 12.0. The largest absolute Gasteiger partial charge is 0.724 e. The van der Waals surface area contributed by atoms with Gasteiger partial charge in [-0.05, 0) is 38.5 Å². The van der Waals surface area contributed by atoms with E-state index < -0.39 is 28.5 Å². The van der Waals surface area contributed by atoms with Gasteiger partial charge in [0.15, 0.2) is 0 Å². The lowest BCUT2D eigenvalue weighted by Gasteiger charge is -2.39. The molecular formula is C23H44N4O5S. The molecule has 0 aromatic carbocycles. The van der Waals surface area contributed by atoms with Gasteiger partial charge in [0.2, 0.25) is 10.4 Å². The number of piperidine rings is 1. The van der Waals surface area contributed by atoms with Crippen molar-refractivity contribution in [1.82, 2.24) is 9.96 Å². The van der Waals surface area contributed by atoms with Crippen molar-refractivity contribution in [2.24, 2.45) is 0 Å². The first-order valence-corrected chi connectivity index (χ1v) is 14.0. The predicted molar refractivity (Wildman–Crippen MR) is 127 cm³/mol. The molecule has 2 saturated heterocycles. The molecular weight excluding hydrogens is 444 g/mol. The number of amides is 2. The Morgan fingerprint density at radius 2 is 1.42 bits per heavy atom. The van der Waals surface area contributed by atoms with Crippen LogP contribution < -0.4 is 0 Å². The van der Waals surface area contributed by atoms with Crippen molar-refractivity contribution in [2.45, 2.75) is 104 Å². The fourth-order valence-electron chi connectivity index (χ4n) is 4.61. The topological polar surface area (TPSA) is 114 Å². The van der Waals surface area contributed by atoms with Gasteiger partial charge in [-0.25, -0.2) is 13.2 Å². The SMILES string of the molecule is CCCC[N+](CCCC)(CCCC)CCCC.N#C[C@@H]1CC[C@@H]2CN1C(=O)N2OS(=O)(=O)[O-]. The molecule has 192 valence electrons. The van der Waals surface area contributed by atoms with Crippen LogP contribution in [-0.2, 0) is 14.7 Å². The summed E-state index contributed by atoms with van der Waals surface area (Å²) in [6.45, 7) is 15.2. The Morgan fingerprint density at radius 3 is 1.79 bits per heavy atom. The van der Waals surface area contributed by atoms with Gasteiger partial charge in [0, 0.05) is 6.54 Å². The third-order valence-electron chi connectivity index (χ3n) is 6.59. The molecule has 2 atom stereocenters. The molecule has 0 aliphatic carbocycles. The summed E-state index contributed by atoms with van der Waals surface area (Å²) in [6, 6.07) is 0.150. The lowest BCUT2D eigenvalue weighted by molar-refractivity contribution is -0.929. The highest BCUT2D eigenvalue weighted by Crippen LogP contribution is 2.30. The van der Waals surface area contributed by atoms with Crippen LogP contribution in [-0.4, -0.2) is 78.3 Å². The van der Waals surface area contributed by atoms with E-state index in [-0.39, 0.29) is 6.54 Å². The minimum Gasteiger partial charge on any atom is -0.724 e. The van der Waals surface area contributed by atoms with Crippen LogP contribution in [0.25, 0.3) is 0 Å². The van der Waals surface area contributed by atoms with E-state index in [9.17, 15) is 17.8 Å². The Labute approximate surface area is 201 Å². The first kappa shape index (κ1) is 29.6. The molecule has 2 aliphatic heterocycles. The van der Waals surface area contributed by atoms with Gasteiger partial charge in [-0.2, -0.15) is 14.6 Å². The number of quaternary nitrogens is 1. The molecule has 0 spiro atoms. The summed E-state index contributed by atoms with van der Waals surface area (Å²) in [7, 11) is -4.96. The molecule has 33 heavy (non-hydrogen) atoms. The molecule has 2 amide bonds. The number of hydroxylamine groups is 2. The normalized spacial score (nSPS) is 20.4. The van der Waals surface area contributed by atoms with Crippen molar-refractivity contribution in [1.29, 1.82) is 5.26 Å². The first-order chi connectivity index (χ1) is 15.7.